The number of anilines is 2. The predicted molar refractivity (Wildman–Crippen MR) is 137 cm³/mol. The van der Waals surface area contributed by atoms with Gasteiger partial charge in [-0.2, -0.15) is 9.47 Å². The van der Waals surface area contributed by atoms with Gasteiger partial charge in [-0.3, -0.25) is 9.58 Å². The molecule has 6 rings (SSSR count). The molecule has 1 aliphatic carbocycles. The molecular weight excluding hydrogens is 464 g/mol. The Kier molecular flexibility index (Phi) is 6.91. The number of nitrogens with one attached hydrogen (secondary N) is 3. The Labute approximate surface area is 210 Å². The summed E-state index contributed by atoms with van der Waals surface area (Å²) in [5, 5.41) is 16.3. The third-order valence-corrected chi connectivity index (χ3v) is 8.49. The first-order valence-electron chi connectivity index (χ1n) is 13.0. The van der Waals surface area contributed by atoms with Crippen LogP contribution < -0.4 is 16.0 Å². The summed E-state index contributed by atoms with van der Waals surface area (Å²) in [4.78, 5) is 7.74. The number of aryl methyl sites for hydroxylation is 1. The van der Waals surface area contributed by atoms with Gasteiger partial charge in [0.2, 0.25) is 0 Å². The van der Waals surface area contributed by atoms with E-state index in [0.717, 1.165) is 81.7 Å². The van der Waals surface area contributed by atoms with Crippen molar-refractivity contribution in [1.29, 1.82) is 0 Å². The van der Waals surface area contributed by atoms with Crippen molar-refractivity contribution >= 4 is 28.1 Å². The summed E-state index contributed by atoms with van der Waals surface area (Å²) in [6.45, 7) is 5.50. The van der Waals surface area contributed by atoms with Crippen molar-refractivity contribution < 1.29 is 9.47 Å². The molecular formula is C24H36N8O2S. The van der Waals surface area contributed by atoms with Gasteiger partial charge < -0.3 is 25.4 Å². The maximum atomic E-state index is 5.62. The fourth-order valence-corrected chi connectivity index (χ4v) is 6.67. The Morgan fingerprint density at radius 1 is 1.00 bits per heavy atom. The first-order valence-corrected chi connectivity index (χ1v) is 13.8. The molecule has 4 aliphatic rings. The van der Waals surface area contributed by atoms with Crippen LogP contribution in [0, 0.1) is 0 Å². The van der Waals surface area contributed by atoms with E-state index in [4.69, 9.17) is 18.8 Å². The van der Waals surface area contributed by atoms with Gasteiger partial charge in [0.25, 0.3) is 0 Å². The molecule has 2 aromatic heterocycles. The molecule has 1 atom stereocenters. The number of ether oxygens (including phenoxy) is 2. The number of morpholine rings is 1. The number of hydrogen-bond donors (Lipinski definition) is 3. The van der Waals surface area contributed by atoms with E-state index in [1.54, 1.807) is 16.2 Å². The topological polar surface area (TPSA) is 101 Å². The molecule has 1 unspecified atom stereocenters. The second-order valence-electron chi connectivity index (χ2n) is 10.0. The molecule has 3 N–H and O–H groups in total. The number of amidine groups is 1. The van der Waals surface area contributed by atoms with Crippen LogP contribution in [-0.4, -0.2) is 82.8 Å². The quantitative estimate of drug-likeness (QED) is 0.576. The van der Waals surface area contributed by atoms with Crippen LogP contribution in [0.25, 0.3) is 0 Å². The molecule has 11 heteroatoms. The van der Waals surface area contributed by atoms with E-state index >= 15 is 0 Å². The van der Waals surface area contributed by atoms with E-state index in [1.165, 1.54) is 24.1 Å². The predicted octanol–water partition coefficient (Wildman–Crippen LogP) is 2.57. The van der Waals surface area contributed by atoms with E-state index in [0.29, 0.717) is 18.0 Å². The van der Waals surface area contributed by atoms with Crippen molar-refractivity contribution in [2.24, 2.45) is 12.0 Å². The van der Waals surface area contributed by atoms with Crippen LogP contribution in [0.3, 0.4) is 0 Å². The van der Waals surface area contributed by atoms with E-state index < -0.39 is 0 Å². The molecule has 5 heterocycles. The van der Waals surface area contributed by atoms with E-state index in [-0.39, 0.29) is 6.29 Å². The SMILES string of the molecule is Cn1cc(NC2N=C(NC3CCC(N4CCOCC4)CC3)c3c(C4CCOCC4)nsc3N2)cn1. The van der Waals surface area contributed by atoms with Crippen LogP contribution in [0.2, 0.25) is 0 Å². The van der Waals surface area contributed by atoms with Gasteiger partial charge in [0, 0.05) is 57.5 Å². The number of aromatic nitrogens is 3. The average Bonchev–Trinajstić information content (AvgIpc) is 3.51. The van der Waals surface area contributed by atoms with Gasteiger partial charge in [0.15, 0.2) is 6.29 Å². The number of aliphatic imine (C=N–C) groups is 1. The highest BCUT2D eigenvalue weighted by Crippen LogP contribution is 2.37. The third-order valence-electron chi connectivity index (χ3n) is 7.70. The smallest absolute Gasteiger partial charge is 0.197 e. The monoisotopic (exact) mass is 500 g/mol. The Hall–Kier alpha value is -2.21. The highest BCUT2D eigenvalue weighted by atomic mass is 32.1. The van der Waals surface area contributed by atoms with Crippen LogP contribution in [-0.2, 0) is 16.5 Å². The summed E-state index contributed by atoms with van der Waals surface area (Å²) in [6.07, 6.45) is 10.3. The minimum absolute atomic E-state index is 0.262. The highest BCUT2D eigenvalue weighted by molar-refractivity contribution is 7.10. The van der Waals surface area contributed by atoms with Crippen molar-refractivity contribution in [3.8, 4) is 0 Å². The molecule has 1 saturated carbocycles. The summed E-state index contributed by atoms with van der Waals surface area (Å²) < 4.78 is 17.9. The molecule has 10 nitrogen and oxygen atoms in total. The molecule has 35 heavy (non-hydrogen) atoms. The molecule has 0 radical (unpaired) electrons. The molecule has 2 saturated heterocycles. The minimum Gasteiger partial charge on any atom is -0.381 e. The first-order chi connectivity index (χ1) is 17.2. The molecule has 190 valence electrons. The second kappa shape index (κ2) is 10.4. The average molecular weight is 501 g/mol. The van der Waals surface area contributed by atoms with Gasteiger partial charge in [-0.15, -0.1) is 0 Å². The van der Waals surface area contributed by atoms with Crippen LogP contribution in [0.5, 0.6) is 0 Å². The van der Waals surface area contributed by atoms with Gasteiger partial charge >= 0.3 is 0 Å². The summed E-state index contributed by atoms with van der Waals surface area (Å²) in [7, 11) is 1.92. The fraction of sp³-hybridized carbons (Fsp3) is 0.708. The van der Waals surface area contributed by atoms with Crippen molar-refractivity contribution in [2.45, 2.75) is 62.8 Å². The summed E-state index contributed by atoms with van der Waals surface area (Å²) in [5.74, 6) is 1.41. The van der Waals surface area contributed by atoms with Gasteiger partial charge in [0.05, 0.1) is 36.4 Å². The van der Waals surface area contributed by atoms with Crippen LogP contribution in [0.15, 0.2) is 17.4 Å². The molecule has 3 fully saturated rings. The minimum atomic E-state index is -0.262. The standard InChI is InChI=1S/C24H36N8O2S/c1-31-15-18(14-25-31)27-24-28-22(20-21(30-35-23(20)29-24)16-6-10-33-11-7-16)26-17-2-4-19(5-3-17)32-8-12-34-13-9-32/h14-17,19,24,27,29H,2-13H2,1H3,(H,26,28). The zero-order chi connectivity index (χ0) is 23.6. The lowest BCUT2D eigenvalue weighted by atomic mass is 9.89. The summed E-state index contributed by atoms with van der Waals surface area (Å²) >= 11 is 1.55. The number of nitrogens with zero attached hydrogens (tertiary/aromatic N) is 5. The van der Waals surface area contributed by atoms with Crippen LogP contribution in [0.1, 0.15) is 55.7 Å². The third kappa shape index (κ3) is 5.18. The van der Waals surface area contributed by atoms with Crippen molar-refractivity contribution in [2.75, 3.05) is 50.2 Å². The van der Waals surface area contributed by atoms with Gasteiger partial charge in [-0.25, -0.2) is 4.99 Å². The number of hydrogen-bond acceptors (Lipinski definition) is 10. The zero-order valence-corrected chi connectivity index (χ0v) is 21.2. The van der Waals surface area contributed by atoms with Crippen LogP contribution in [0.4, 0.5) is 10.7 Å². The van der Waals surface area contributed by atoms with Crippen LogP contribution >= 0.6 is 11.5 Å². The first kappa shape index (κ1) is 23.2. The Bertz CT molecular complexity index is 1020. The lowest BCUT2D eigenvalue weighted by Crippen LogP contribution is -2.48. The number of rotatable bonds is 5. The maximum Gasteiger partial charge on any atom is 0.197 e. The normalized spacial score (nSPS) is 28.1. The van der Waals surface area contributed by atoms with Gasteiger partial charge in [-0.1, -0.05) is 0 Å². The number of fused-ring (bicyclic) bond motifs is 1. The Balaban J connectivity index is 1.19. The van der Waals surface area contributed by atoms with E-state index in [2.05, 4.69) is 25.9 Å². The summed E-state index contributed by atoms with van der Waals surface area (Å²) in [5.41, 5.74) is 3.28. The maximum absolute atomic E-state index is 5.62. The Morgan fingerprint density at radius 3 is 2.51 bits per heavy atom. The molecule has 0 aromatic carbocycles. The molecule has 0 spiro atoms. The summed E-state index contributed by atoms with van der Waals surface area (Å²) in [6, 6.07) is 1.11. The van der Waals surface area contributed by atoms with Crippen molar-refractivity contribution in [1.82, 2.24) is 24.4 Å². The lowest BCUT2D eigenvalue weighted by Gasteiger charge is -2.39. The zero-order valence-electron chi connectivity index (χ0n) is 20.4. The fourth-order valence-electron chi connectivity index (χ4n) is 5.78. The molecule has 2 aromatic rings. The molecule has 0 amide bonds. The van der Waals surface area contributed by atoms with Gasteiger partial charge in [-0.05, 0) is 50.1 Å². The highest BCUT2D eigenvalue weighted by Gasteiger charge is 2.33. The molecule has 0 bridgehead atoms. The largest absolute Gasteiger partial charge is 0.381 e. The van der Waals surface area contributed by atoms with Crippen molar-refractivity contribution in [3.63, 3.8) is 0 Å². The van der Waals surface area contributed by atoms with Crippen molar-refractivity contribution in [3.05, 3.63) is 23.7 Å². The second-order valence-corrected chi connectivity index (χ2v) is 10.8. The Morgan fingerprint density at radius 2 is 1.77 bits per heavy atom. The molecule has 3 aliphatic heterocycles. The van der Waals surface area contributed by atoms with E-state index in [1.807, 2.05) is 19.4 Å². The van der Waals surface area contributed by atoms with E-state index in [9.17, 15) is 0 Å². The van der Waals surface area contributed by atoms with Gasteiger partial charge in [0.1, 0.15) is 10.8 Å². The lowest BCUT2D eigenvalue weighted by molar-refractivity contribution is 0.00703.